The zero-order valence-electron chi connectivity index (χ0n) is 17.1. The van der Waals surface area contributed by atoms with Crippen LogP contribution in [0.5, 0.6) is 5.75 Å². The van der Waals surface area contributed by atoms with Gasteiger partial charge in [-0.05, 0) is 57.7 Å². The number of ether oxygens (including phenoxy) is 3. The van der Waals surface area contributed by atoms with E-state index in [2.05, 4.69) is 5.32 Å². The molecule has 1 saturated heterocycles. The predicted molar refractivity (Wildman–Crippen MR) is 107 cm³/mol. The molecule has 1 saturated carbocycles. The minimum Gasteiger partial charge on any atom is -0.415 e. The van der Waals surface area contributed by atoms with E-state index >= 15 is 0 Å². The van der Waals surface area contributed by atoms with Crippen molar-refractivity contribution in [3.63, 3.8) is 0 Å². The van der Waals surface area contributed by atoms with Crippen LogP contribution in [0.3, 0.4) is 0 Å². The van der Waals surface area contributed by atoms with Crippen molar-refractivity contribution in [3.8, 4) is 5.75 Å². The van der Waals surface area contributed by atoms with Gasteiger partial charge in [0.2, 0.25) is 12.0 Å². The van der Waals surface area contributed by atoms with Crippen LogP contribution in [0.15, 0.2) is 35.1 Å². The Morgan fingerprint density at radius 1 is 1.23 bits per heavy atom. The van der Waals surface area contributed by atoms with Crippen LogP contribution in [0.25, 0.3) is 0 Å². The number of benzene rings is 1. The Balaban J connectivity index is 1.63. The highest BCUT2D eigenvalue weighted by atomic mass is 16.9. The summed E-state index contributed by atoms with van der Waals surface area (Å²) in [6.45, 7) is 2.34. The van der Waals surface area contributed by atoms with Crippen molar-refractivity contribution in [1.82, 2.24) is 14.9 Å². The molecule has 0 unspecified atom stereocenters. The van der Waals surface area contributed by atoms with E-state index in [0.29, 0.717) is 23.9 Å². The van der Waals surface area contributed by atoms with Gasteiger partial charge >= 0.3 is 5.97 Å². The second-order valence-corrected chi connectivity index (χ2v) is 8.27. The number of hydrogen-bond donors (Lipinski definition) is 1. The highest BCUT2D eigenvalue weighted by Crippen LogP contribution is 2.44. The summed E-state index contributed by atoms with van der Waals surface area (Å²) in [7, 11) is 1.91. The van der Waals surface area contributed by atoms with Crippen LogP contribution in [-0.4, -0.2) is 28.9 Å². The third-order valence-electron chi connectivity index (χ3n) is 6.52. The molecule has 2 aromatic rings. The number of carbonyl (C=O) groups is 1. The third-order valence-corrected chi connectivity index (χ3v) is 6.52. The van der Waals surface area contributed by atoms with Crippen LogP contribution in [0.2, 0.25) is 0 Å². The Labute approximate surface area is 174 Å². The molecule has 1 aromatic carbocycles. The van der Waals surface area contributed by atoms with Crippen LogP contribution in [0.4, 0.5) is 0 Å². The lowest BCUT2D eigenvalue weighted by Crippen LogP contribution is -2.46. The van der Waals surface area contributed by atoms with Gasteiger partial charge in [-0.15, -0.1) is 0 Å². The summed E-state index contributed by atoms with van der Waals surface area (Å²) in [6, 6.07) is 8.59. The topological polar surface area (TPSA) is 91.7 Å². The summed E-state index contributed by atoms with van der Waals surface area (Å²) < 4.78 is 18.5. The first-order valence-corrected chi connectivity index (χ1v) is 10.4. The van der Waals surface area contributed by atoms with E-state index in [9.17, 15) is 9.59 Å². The lowest BCUT2D eigenvalue weighted by atomic mass is 9.77. The number of esters is 1. The summed E-state index contributed by atoms with van der Waals surface area (Å²) in [6.07, 6.45) is 2.63. The zero-order valence-corrected chi connectivity index (χ0v) is 17.1. The van der Waals surface area contributed by atoms with E-state index in [1.54, 1.807) is 35.8 Å². The fraction of sp³-hybridized carbons (Fsp3) is 0.500. The molecule has 0 amide bonds. The lowest BCUT2D eigenvalue weighted by molar-refractivity contribution is -0.384. The minimum atomic E-state index is -0.827. The average Bonchev–Trinajstić information content (AvgIpc) is 3.01. The Bertz CT molecular complexity index is 1020. The Hall–Kier alpha value is -2.55. The van der Waals surface area contributed by atoms with Crippen LogP contribution < -0.4 is 15.6 Å². The number of rotatable bonds is 4. The monoisotopic (exact) mass is 411 g/mol. The Morgan fingerprint density at radius 3 is 2.57 bits per heavy atom. The molecule has 2 fully saturated rings. The van der Waals surface area contributed by atoms with Gasteiger partial charge in [0.15, 0.2) is 6.29 Å². The number of aromatic nitrogens is 2. The molecule has 30 heavy (non-hydrogen) atoms. The van der Waals surface area contributed by atoms with Crippen LogP contribution in [0.1, 0.15) is 60.8 Å². The van der Waals surface area contributed by atoms with Gasteiger partial charge < -0.3 is 19.5 Å². The first-order valence-electron chi connectivity index (χ1n) is 10.4. The molecule has 0 radical (unpaired) electrons. The highest BCUT2D eigenvalue weighted by Gasteiger charge is 2.45. The van der Waals surface area contributed by atoms with E-state index in [0.717, 1.165) is 25.7 Å². The van der Waals surface area contributed by atoms with Gasteiger partial charge in [-0.2, -0.15) is 0 Å². The maximum absolute atomic E-state index is 13.6. The van der Waals surface area contributed by atoms with Crippen molar-refractivity contribution in [2.24, 2.45) is 5.92 Å². The quantitative estimate of drug-likeness (QED) is 0.773. The maximum atomic E-state index is 13.6. The molecule has 1 aliphatic carbocycles. The van der Waals surface area contributed by atoms with E-state index in [-0.39, 0.29) is 22.5 Å². The summed E-state index contributed by atoms with van der Waals surface area (Å²) in [5.41, 5.74) is -0.149. The van der Waals surface area contributed by atoms with Crippen LogP contribution in [-0.2, 0) is 21.6 Å². The standard InChI is InChI=1S/C22H25N3O5/c1-13-28-20(29-13)16-17(30-19(27)15-6-4-3-5-7-15)18(26)25-12-14-8-10-22(23-2,11-9-14)21(25)24-16/h3-7,13-14,20,23H,8-12H2,1-2H3. The number of carbonyl (C=O) groups excluding carboxylic acids is 1. The van der Waals surface area contributed by atoms with E-state index in [1.165, 1.54) is 0 Å². The van der Waals surface area contributed by atoms with Crippen molar-refractivity contribution in [2.75, 3.05) is 7.05 Å². The molecule has 8 nitrogen and oxygen atoms in total. The molecule has 158 valence electrons. The summed E-state index contributed by atoms with van der Waals surface area (Å²) in [5, 5.41) is 3.41. The molecule has 8 heteroatoms. The lowest BCUT2D eigenvalue weighted by Gasteiger charge is -2.37. The van der Waals surface area contributed by atoms with Gasteiger partial charge in [-0.3, -0.25) is 9.36 Å². The molecule has 2 bridgehead atoms. The number of nitrogens with one attached hydrogen (secondary N) is 1. The SMILES string of the molecule is CNC12CCC(CC1)Cn1c2nc(C2OC(C)O2)c(OC(=O)c2ccccc2)c1=O. The number of fused-ring (bicyclic) bond motifs is 2. The molecular weight excluding hydrogens is 386 g/mol. The Morgan fingerprint density at radius 2 is 1.93 bits per heavy atom. The summed E-state index contributed by atoms with van der Waals surface area (Å²) >= 11 is 0. The van der Waals surface area contributed by atoms with Gasteiger partial charge in [-0.1, -0.05) is 18.2 Å². The highest BCUT2D eigenvalue weighted by molar-refractivity contribution is 5.91. The Kier molecular flexibility index (Phi) is 4.72. The molecule has 1 N–H and O–H groups in total. The molecular formula is C22H25N3O5. The molecule has 3 aliphatic heterocycles. The summed E-state index contributed by atoms with van der Waals surface area (Å²) in [5.74, 6) is 0.365. The fourth-order valence-electron chi connectivity index (χ4n) is 4.75. The summed E-state index contributed by atoms with van der Waals surface area (Å²) in [4.78, 5) is 31.1. The van der Waals surface area contributed by atoms with Crippen molar-refractivity contribution in [2.45, 2.75) is 57.3 Å². The van der Waals surface area contributed by atoms with Gasteiger partial charge in [0, 0.05) is 6.54 Å². The molecule has 0 spiro atoms. The van der Waals surface area contributed by atoms with Gasteiger partial charge in [0.25, 0.3) is 5.56 Å². The first-order chi connectivity index (χ1) is 14.5. The molecule has 1 aromatic heterocycles. The van der Waals surface area contributed by atoms with Gasteiger partial charge in [-0.25, -0.2) is 9.78 Å². The largest absolute Gasteiger partial charge is 0.415 e. The van der Waals surface area contributed by atoms with Crippen LogP contribution >= 0.6 is 0 Å². The molecule has 4 aliphatic rings. The van der Waals surface area contributed by atoms with E-state index in [1.807, 2.05) is 13.1 Å². The van der Waals surface area contributed by atoms with E-state index in [4.69, 9.17) is 19.2 Å². The van der Waals surface area contributed by atoms with Crippen molar-refractivity contribution in [1.29, 1.82) is 0 Å². The second-order valence-electron chi connectivity index (χ2n) is 8.27. The van der Waals surface area contributed by atoms with Crippen LogP contribution in [0, 0.1) is 5.92 Å². The first kappa shape index (κ1) is 19.4. The smallest absolute Gasteiger partial charge is 0.343 e. The second kappa shape index (κ2) is 7.30. The van der Waals surface area contributed by atoms with Gasteiger partial charge in [0.05, 0.1) is 11.1 Å². The molecule has 4 heterocycles. The predicted octanol–water partition coefficient (Wildman–Crippen LogP) is 2.47. The minimum absolute atomic E-state index is 0.114. The normalized spacial score (nSPS) is 29.6. The fourth-order valence-corrected chi connectivity index (χ4v) is 4.75. The van der Waals surface area contributed by atoms with Gasteiger partial charge in [0.1, 0.15) is 11.5 Å². The zero-order chi connectivity index (χ0) is 20.9. The number of hydrogen-bond acceptors (Lipinski definition) is 7. The van der Waals surface area contributed by atoms with Crippen molar-refractivity contribution in [3.05, 3.63) is 57.8 Å². The maximum Gasteiger partial charge on any atom is 0.343 e. The van der Waals surface area contributed by atoms with E-state index < -0.39 is 18.5 Å². The third kappa shape index (κ3) is 3.07. The molecule has 0 atom stereocenters. The average molecular weight is 411 g/mol. The van der Waals surface area contributed by atoms with Crippen molar-refractivity contribution >= 4 is 5.97 Å². The van der Waals surface area contributed by atoms with Crippen molar-refractivity contribution < 1.29 is 19.0 Å². The molecule has 6 rings (SSSR count). The number of nitrogens with zero attached hydrogens (tertiary/aromatic N) is 2.